The molecule has 0 aliphatic carbocycles. The zero-order valence-corrected chi connectivity index (χ0v) is 19.5. The quantitative estimate of drug-likeness (QED) is 0.315. The van der Waals surface area contributed by atoms with Crippen molar-refractivity contribution in [2.24, 2.45) is 0 Å². The Bertz CT molecular complexity index is 1030. The number of hydrogen-bond donors (Lipinski definition) is 0. The van der Waals surface area contributed by atoms with Crippen molar-refractivity contribution in [1.29, 1.82) is 0 Å². The highest BCUT2D eigenvalue weighted by atomic mass is 31.2. The molecule has 3 nitrogen and oxygen atoms in total. The van der Waals surface area contributed by atoms with Gasteiger partial charge in [-0.2, -0.15) is 0 Å². The molecule has 0 saturated carbocycles. The fraction of sp³-hybridized carbons (Fsp3) is 0.172. The van der Waals surface area contributed by atoms with E-state index in [0.29, 0.717) is 13.1 Å². The van der Waals surface area contributed by atoms with E-state index in [1.165, 1.54) is 22.3 Å². The zero-order chi connectivity index (χ0) is 22.5. The fourth-order valence-electron chi connectivity index (χ4n) is 4.69. The van der Waals surface area contributed by atoms with Gasteiger partial charge in [-0.25, -0.2) is 0 Å². The maximum atomic E-state index is 14.3. The van der Waals surface area contributed by atoms with Crippen LogP contribution in [0.5, 0.6) is 0 Å². The SMILES string of the molecule is [O-]P1N(Cc2ccccc2)C(c2ccccc2)CC(c2ccccc2)N1Cc1ccccc1. The monoisotopic (exact) mass is 451 g/mol. The molecule has 1 aliphatic rings. The summed E-state index contributed by atoms with van der Waals surface area (Å²) in [5.74, 6) is 0. The van der Waals surface area contributed by atoms with Crippen molar-refractivity contribution < 1.29 is 4.89 Å². The molecule has 2 unspecified atom stereocenters. The number of nitrogens with zero attached hydrogens (tertiary/aromatic N) is 2. The van der Waals surface area contributed by atoms with Gasteiger partial charge in [-0.05, 0) is 28.7 Å². The Morgan fingerprint density at radius 2 is 0.879 bits per heavy atom. The van der Waals surface area contributed by atoms with Gasteiger partial charge in [0.15, 0.2) is 0 Å². The van der Waals surface area contributed by atoms with Crippen LogP contribution in [0.3, 0.4) is 0 Å². The second-order valence-corrected chi connectivity index (χ2v) is 10.0. The van der Waals surface area contributed by atoms with E-state index in [-0.39, 0.29) is 12.1 Å². The maximum absolute atomic E-state index is 14.3. The predicted octanol–water partition coefficient (Wildman–Crippen LogP) is 6.46. The summed E-state index contributed by atoms with van der Waals surface area (Å²) < 4.78 is 4.39. The first-order chi connectivity index (χ1) is 16.3. The molecule has 2 atom stereocenters. The predicted molar refractivity (Wildman–Crippen MR) is 134 cm³/mol. The zero-order valence-electron chi connectivity index (χ0n) is 18.6. The molecule has 1 aliphatic heterocycles. The lowest BCUT2D eigenvalue weighted by Crippen LogP contribution is -2.43. The highest BCUT2D eigenvalue weighted by Gasteiger charge is 2.37. The summed E-state index contributed by atoms with van der Waals surface area (Å²) in [5, 5.41) is 0. The van der Waals surface area contributed by atoms with Gasteiger partial charge in [0.25, 0.3) is 0 Å². The highest BCUT2D eigenvalue weighted by molar-refractivity contribution is 7.44. The molecule has 4 aromatic rings. The Hall–Kier alpha value is -2.81. The van der Waals surface area contributed by atoms with E-state index in [1.54, 1.807) is 0 Å². The fourth-order valence-corrected chi connectivity index (χ4v) is 6.49. The molecule has 0 spiro atoms. The second-order valence-electron chi connectivity index (χ2n) is 8.51. The van der Waals surface area contributed by atoms with Crippen LogP contribution in [0.15, 0.2) is 121 Å². The van der Waals surface area contributed by atoms with Crippen LogP contribution >= 0.6 is 8.45 Å². The molecule has 166 valence electrons. The van der Waals surface area contributed by atoms with Gasteiger partial charge < -0.3 is 4.89 Å². The van der Waals surface area contributed by atoms with Crippen LogP contribution in [0.1, 0.15) is 40.8 Å². The third-order valence-electron chi connectivity index (χ3n) is 6.35. The van der Waals surface area contributed by atoms with Crippen molar-refractivity contribution in [2.75, 3.05) is 0 Å². The largest absolute Gasteiger partial charge is 0.806 e. The second kappa shape index (κ2) is 10.4. The first-order valence-electron chi connectivity index (χ1n) is 11.5. The molecule has 1 heterocycles. The lowest BCUT2D eigenvalue weighted by atomic mass is 9.94. The minimum Gasteiger partial charge on any atom is -0.806 e. The summed E-state index contributed by atoms with van der Waals surface area (Å²) in [7, 11) is -1.78. The first-order valence-corrected chi connectivity index (χ1v) is 12.6. The van der Waals surface area contributed by atoms with Gasteiger partial charge in [-0.1, -0.05) is 130 Å². The molecule has 1 fully saturated rings. The van der Waals surface area contributed by atoms with E-state index in [4.69, 9.17) is 0 Å². The minimum absolute atomic E-state index is 0.0762. The van der Waals surface area contributed by atoms with Crippen LogP contribution in [0.2, 0.25) is 0 Å². The summed E-state index contributed by atoms with van der Waals surface area (Å²) >= 11 is 0. The lowest BCUT2D eigenvalue weighted by molar-refractivity contribution is -0.193. The topological polar surface area (TPSA) is 29.5 Å². The van der Waals surface area contributed by atoms with Gasteiger partial charge in [0.1, 0.15) is 0 Å². The van der Waals surface area contributed by atoms with Crippen molar-refractivity contribution in [3.63, 3.8) is 0 Å². The molecule has 0 amide bonds. The summed E-state index contributed by atoms with van der Waals surface area (Å²) in [6, 6.07) is 42.0. The molecule has 5 rings (SSSR count). The van der Waals surface area contributed by atoms with Gasteiger partial charge in [0.05, 0.1) is 0 Å². The van der Waals surface area contributed by atoms with Crippen LogP contribution in [-0.2, 0) is 13.1 Å². The van der Waals surface area contributed by atoms with E-state index in [1.807, 2.05) is 24.3 Å². The van der Waals surface area contributed by atoms with E-state index in [9.17, 15) is 4.89 Å². The van der Waals surface area contributed by atoms with Crippen molar-refractivity contribution in [2.45, 2.75) is 31.6 Å². The third-order valence-corrected chi connectivity index (χ3v) is 8.07. The molecule has 4 aromatic carbocycles. The normalized spacial score (nSPS) is 21.7. The number of benzene rings is 4. The van der Waals surface area contributed by atoms with Gasteiger partial charge in [0.2, 0.25) is 0 Å². The maximum Gasteiger partial charge on any atom is 0.0407 e. The van der Waals surface area contributed by atoms with Gasteiger partial charge in [-0.3, -0.25) is 9.34 Å². The van der Waals surface area contributed by atoms with Crippen LogP contribution < -0.4 is 4.89 Å². The summed E-state index contributed by atoms with van der Waals surface area (Å²) in [6.45, 7) is 1.31. The lowest BCUT2D eigenvalue weighted by Gasteiger charge is -2.56. The smallest absolute Gasteiger partial charge is 0.0407 e. The van der Waals surface area contributed by atoms with Crippen LogP contribution in [-0.4, -0.2) is 9.34 Å². The van der Waals surface area contributed by atoms with E-state index >= 15 is 0 Å². The van der Waals surface area contributed by atoms with Crippen molar-refractivity contribution in [1.82, 2.24) is 9.34 Å². The molecule has 33 heavy (non-hydrogen) atoms. The Morgan fingerprint density at radius 1 is 0.545 bits per heavy atom. The number of rotatable bonds is 6. The Labute approximate surface area is 197 Å². The van der Waals surface area contributed by atoms with E-state index in [2.05, 4.69) is 106 Å². The molecule has 0 aromatic heterocycles. The van der Waals surface area contributed by atoms with Crippen molar-refractivity contribution in [3.05, 3.63) is 144 Å². The standard InChI is InChI=1S/C29H28N2OP/c32-33-30(22-24-13-5-1-6-14-24)28(26-17-9-3-10-18-26)21-29(27-19-11-4-12-20-27)31(33)23-25-15-7-2-8-16-25/h1-20,28-29H,21-23H2/q-1. The average Bonchev–Trinajstić information content (AvgIpc) is 2.89. The Morgan fingerprint density at radius 3 is 1.24 bits per heavy atom. The number of hydrogen-bond acceptors (Lipinski definition) is 3. The highest BCUT2D eigenvalue weighted by Crippen LogP contribution is 2.56. The van der Waals surface area contributed by atoms with Crippen LogP contribution in [0.25, 0.3) is 0 Å². The third kappa shape index (κ3) is 5.08. The van der Waals surface area contributed by atoms with Crippen LogP contribution in [0, 0.1) is 0 Å². The van der Waals surface area contributed by atoms with Gasteiger partial charge >= 0.3 is 0 Å². The molecule has 1 saturated heterocycles. The summed E-state index contributed by atoms with van der Waals surface area (Å²) in [5.41, 5.74) is 4.80. The molecular weight excluding hydrogens is 423 g/mol. The summed E-state index contributed by atoms with van der Waals surface area (Å²) in [6.07, 6.45) is 0.884. The van der Waals surface area contributed by atoms with Crippen LogP contribution in [0.4, 0.5) is 0 Å². The molecule has 0 N–H and O–H groups in total. The Balaban J connectivity index is 1.55. The first kappa shape index (κ1) is 22.0. The van der Waals surface area contributed by atoms with Crippen molar-refractivity contribution >= 4 is 8.45 Å². The Kier molecular flexibility index (Phi) is 6.95. The van der Waals surface area contributed by atoms with Crippen molar-refractivity contribution in [3.8, 4) is 0 Å². The molecule has 0 radical (unpaired) electrons. The molecular formula is C29H28N2OP-. The molecule has 0 bridgehead atoms. The van der Waals surface area contributed by atoms with Gasteiger partial charge in [0, 0.05) is 25.2 Å². The molecule has 4 heteroatoms. The van der Waals surface area contributed by atoms with Gasteiger partial charge in [-0.15, -0.1) is 0 Å². The van der Waals surface area contributed by atoms with E-state index in [0.717, 1.165) is 6.42 Å². The minimum atomic E-state index is -1.78. The average molecular weight is 452 g/mol. The van der Waals surface area contributed by atoms with E-state index < -0.39 is 8.45 Å². The summed E-state index contributed by atoms with van der Waals surface area (Å²) in [4.78, 5) is 14.3.